The van der Waals surface area contributed by atoms with Gasteiger partial charge in [-0.3, -0.25) is 0 Å². The average molecular weight is 316 g/mol. The van der Waals surface area contributed by atoms with Crippen molar-refractivity contribution in [1.82, 2.24) is 4.98 Å². The Labute approximate surface area is 136 Å². The van der Waals surface area contributed by atoms with Gasteiger partial charge in [-0.1, -0.05) is 32.9 Å². The van der Waals surface area contributed by atoms with Gasteiger partial charge in [0.25, 0.3) is 0 Å². The summed E-state index contributed by atoms with van der Waals surface area (Å²) in [5.74, 6) is 1.000. The minimum absolute atomic E-state index is 0.419. The molecule has 0 fully saturated rings. The first-order chi connectivity index (χ1) is 10.6. The van der Waals surface area contributed by atoms with Gasteiger partial charge in [0.2, 0.25) is 0 Å². The fraction of sp³-hybridized carbons (Fsp3) is 0.412. The number of guanidine groups is 1. The van der Waals surface area contributed by atoms with Crippen molar-refractivity contribution >= 4 is 23.0 Å². The maximum atomic E-state index is 5.93. The van der Waals surface area contributed by atoms with Gasteiger partial charge in [-0.25, -0.2) is 9.98 Å². The van der Waals surface area contributed by atoms with E-state index in [1.165, 1.54) is 5.56 Å². The fourth-order valence-corrected chi connectivity index (χ4v) is 2.80. The lowest BCUT2D eigenvalue weighted by Crippen LogP contribution is -2.22. The second-order valence-corrected chi connectivity index (χ2v) is 6.29. The highest BCUT2D eigenvalue weighted by Crippen LogP contribution is 2.20. The van der Waals surface area contributed by atoms with E-state index in [0.29, 0.717) is 18.4 Å². The summed E-state index contributed by atoms with van der Waals surface area (Å²) in [5.41, 5.74) is 9.21. The quantitative estimate of drug-likeness (QED) is 0.621. The van der Waals surface area contributed by atoms with E-state index in [2.05, 4.69) is 48.2 Å². The molecule has 1 heterocycles. The molecule has 0 radical (unpaired) electrons. The zero-order chi connectivity index (χ0) is 15.9. The highest BCUT2D eigenvalue weighted by molar-refractivity contribution is 7.09. The standard InChI is InChI=1S/C17H24N4S/c1-4-12(3)13-6-8-14(9-7-13)21-17(18)19-10-15-11-22-16(5-2)20-15/h6-9,11-12H,4-5,10H2,1-3H3,(H3,18,19,21). The summed E-state index contributed by atoms with van der Waals surface area (Å²) in [5, 5.41) is 6.30. The molecule has 3 N–H and O–H groups in total. The third kappa shape index (κ3) is 4.56. The Kier molecular flexibility index (Phi) is 5.95. The summed E-state index contributed by atoms with van der Waals surface area (Å²) in [6.45, 7) is 7.05. The third-order valence-corrected chi connectivity index (χ3v) is 4.72. The van der Waals surface area contributed by atoms with Crippen molar-refractivity contribution in [1.29, 1.82) is 0 Å². The Morgan fingerprint density at radius 2 is 2.05 bits per heavy atom. The molecular formula is C17H24N4S. The fourth-order valence-electron chi connectivity index (χ4n) is 2.07. The molecular weight excluding hydrogens is 292 g/mol. The van der Waals surface area contributed by atoms with Gasteiger partial charge in [0.15, 0.2) is 5.96 Å². The minimum Gasteiger partial charge on any atom is -0.370 e. The molecule has 0 amide bonds. The molecule has 1 aromatic carbocycles. The number of nitrogens with zero attached hydrogens (tertiary/aromatic N) is 2. The number of hydrogen-bond donors (Lipinski definition) is 2. The van der Waals surface area contributed by atoms with Crippen molar-refractivity contribution in [3.8, 4) is 0 Å². The first kappa shape index (κ1) is 16.5. The molecule has 118 valence electrons. The van der Waals surface area contributed by atoms with Crippen LogP contribution in [-0.4, -0.2) is 10.9 Å². The highest BCUT2D eigenvalue weighted by Gasteiger charge is 2.03. The second kappa shape index (κ2) is 7.94. The maximum absolute atomic E-state index is 5.93. The van der Waals surface area contributed by atoms with Crippen LogP contribution in [0.15, 0.2) is 34.6 Å². The molecule has 2 aromatic rings. The van der Waals surface area contributed by atoms with Crippen LogP contribution in [0.4, 0.5) is 5.69 Å². The number of anilines is 1. The van der Waals surface area contributed by atoms with Crippen LogP contribution in [0.2, 0.25) is 0 Å². The number of benzene rings is 1. The van der Waals surface area contributed by atoms with Crippen molar-refractivity contribution in [3.05, 3.63) is 45.9 Å². The molecule has 4 nitrogen and oxygen atoms in total. The molecule has 0 spiro atoms. The normalized spacial score (nSPS) is 13.1. The van der Waals surface area contributed by atoms with Crippen molar-refractivity contribution < 1.29 is 0 Å². The van der Waals surface area contributed by atoms with Gasteiger partial charge in [0, 0.05) is 11.1 Å². The summed E-state index contributed by atoms with van der Waals surface area (Å²) in [6, 6.07) is 8.36. The predicted molar refractivity (Wildman–Crippen MR) is 95.6 cm³/mol. The van der Waals surface area contributed by atoms with Gasteiger partial charge >= 0.3 is 0 Å². The number of nitrogens with two attached hydrogens (primary N) is 1. The lowest BCUT2D eigenvalue weighted by atomic mass is 9.99. The lowest BCUT2D eigenvalue weighted by molar-refractivity contribution is 0.734. The van der Waals surface area contributed by atoms with Crippen molar-refractivity contribution in [2.45, 2.75) is 46.1 Å². The van der Waals surface area contributed by atoms with Crippen molar-refractivity contribution in [3.63, 3.8) is 0 Å². The molecule has 0 saturated carbocycles. The number of hydrogen-bond acceptors (Lipinski definition) is 3. The molecule has 0 aliphatic rings. The summed E-state index contributed by atoms with van der Waals surface area (Å²) in [6.07, 6.45) is 2.11. The van der Waals surface area contributed by atoms with E-state index in [1.54, 1.807) is 11.3 Å². The van der Waals surface area contributed by atoms with E-state index < -0.39 is 0 Å². The zero-order valence-electron chi connectivity index (χ0n) is 13.5. The van der Waals surface area contributed by atoms with Crippen LogP contribution in [0.5, 0.6) is 0 Å². The Hall–Kier alpha value is -1.88. The van der Waals surface area contributed by atoms with Crippen LogP contribution in [0.1, 0.15) is 49.4 Å². The summed E-state index contributed by atoms with van der Waals surface area (Å²) < 4.78 is 0. The first-order valence-electron chi connectivity index (χ1n) is 7.72. The number of rotatable bonds is 6. The molecule has 1 atom stereocenters. The van der Waals surface area contributed by atoms with E-state index in [1.807, 2.05) is 17.5 Å². The molecule has 22 heavy (non-hydrogen) atoms. The van der Waals surface area contributed by atoms with Gasteiger partial charge in [0.05, 0.1) is 17.2 Å². The molecule has 0 saturated heterocycles. The maximum Gasteiger partial charge on any atom is 0.193 e. The molecule has 1 unspecified atom stereocenters. The summed E-state index contributed by atoms with van der Waals surface area (Å²) in [7, 11) is 0. The zero-order valence-corrected chi connectivity index (χ0v) is 14.3. The van der Waals surface area contributed by atoms with Gasteiger partial charge in [0.1, 0.15) is 0 Å². The van der Waals surface area contributed by atoms with Crippen LogP contribution in [0, 0.1) is 0 Å². The van der Waals surface area contributed by atoms with Crippen LogP contribution in [0.25, 0.3) is 0 Å². The largest absolute Gasteiger partial charge is 0.370 e. The van der Waals surface area contributed by atoms with Crippen LogP contribution < -0.4 is 11.1 Å². The smallest absolute Gasteiger partial charge is 0.193 e. The SMILES string of the molecule is CCc1nc(CN=C(N)Nc2ccc(C(C)CC)cc2)cs1. The van der Waals surface area contributed by atoms with E-state index in [0.717, 1.165) is 29.2 Å². The minimum atomic E-state index is 0.419. The van der Waals surface area contributed by atoms with Crippen molar-refractivity contribution in [2.24, 2.45) is 10.7 Å². The van der Waals surface area contributed by atoms with Crippen LogP contribution in [0.3, 0.4) is 0 Å². The molecule has 0 bridgehead atoms. The summed E-state index contributed by atoms with van der Waals surface area (Å²) >= 11 is 1.67. The number of aliphatic imine (C=N–C) groups is 1. The Balaban J connectivity index is 1.93. The third-order valence-electron chi connectivity index (χ3n) is 3.68. The Morgan fingerprint density at radius 1 is 1.32 bits per heavy atom. The van der Waals surface area contributed by atoms with Crippen molar-refractivity contribution in [2.75, 3.05) is 5.32 Å². The lowest BCUT2D eigenvalue weighted by Gasteiger charge is -2.10. The van der Waals surface area contributed by atoms with Gasteiger partial charge in [-0.05, 0) is 36.5 Å². The average Bonchev–Trinajstić information content (AvgIpc) is 3.01. The number of nitrogens with one attached hydrogen (secondary N) is 1. The molecule has 0 aliphatic heterocycles. The molecule has 5 heteroatoms. The van der Waals surface area contributed by atoms with Crippen LogP contribution >= 0.6 is 11.3 Å². The van der Waals surface area contributed by atoms with Gasteiger partial charge in [-0.15, -0.1) is 11.3 Å². The highest BCUT2D eigenvalue weighted by atomic mass is 32.1. The molecule has 2 rings (SSSR count). The van der Waals surface area contributed by atoms with Crippen LogP contribution in [-0.2, 0) is 13.0 Å². The molecule has 1 aromatic heterocycles. The predicted octanol–water partition coefficient (Wildman–Crippen LogP) is 4.15. The number of aryl methyl sites for hydroxylation is 1. The Bertz CT molecular complexity index is 616. The van der Waals surface area contributed by atoms with E-state index in [4.69, 9.17) is 5.73 Å². The topological polar surface area (TPSA) is 63.3 Å². The summed E-state index contributed by atoms with van der Waals surface area (Å²) in [4.78, 5) is 8.81. The first-order valence-corrected chi connectivity index (χ1v) is 8.60. The van der Waals surface area contributed by atoms with Gasteiger partial charge in [-0.2, -0.15) is 0 Å². The monoisotopic (exact) mass is 316 g/mol. The van der Waals surface area contributed by atoms with E-state index in [9.17, 15) is 0 Å². The molecule has 0 aliphatic carbocycles. The number of aromatic nitrogens is 1. The van der Waals surface area contributed by atoms with E-state index in [-0.39, 0.29) is 0 Å². The van der Waals surface area contributed by atoms with E-state index >= 15 is 0 Å². The Morgan fingerprint density at radius 3 is 2.64 bits per heavy atom. The number of thiazole rings is 1. The second-order valence-electron chi connectivity index (χ2n) is 5.34. The van der Waals surface area contributed by atoms with Gasteiger partial charge < -0.3 is 11.1 Å².